The predicted octanol–water partition coefficient (Wildman–Crippen LogP) is 4.49. The summed E-state index contributed by atoms with van der Waals surface area (Å²) in [5, 5.41) is 6.39. The topological polar surface area (TPSA) is 73.4 Å². The van der Waals surface area contributed by atoms with Crippen LogP contribution in [-0.2, 0) is 31.2 Å². The number of rotatable bonds is 7. The Balaban J connectivity index is 1.54. The number of carbonyl (C=O) groups excluding carboxylic acids is 1. The lowest BCUT2D eigenvalue weighted by Crippen LogP contribution is -2.27. The third-order valence-electron chi connectivity index (χ3n) is 6.23. The molecule has 0 atom stereocenters. The molecule has 0 N–H and O–H groups in total. The van der Waals surface area contributed by atoms with Crippen molar-refractivity contribution in [1.29, 1.82) is 0 Å². The highest BCUT2D eigenvalue weighted by Gasteiger charge is 2.20. The fraction of sp³-hybridized carbons (Fsp3) is 0.400. The highest BCUT2D eigenvalue weighted by Crippen LogP contribution is 2.31. The molecule has 4 aromatic rings. The van der Waals surface area contributed by atoms with Crippen LogP contribution in [0.1, 0.15) is 41.5 Å². The first-order valence-electron chi connectivity index (χ1n) is 11.0. The Labute approximate surface area is 188 Å². The van der Waals surface area contributed by atoms with Gasteiger partial charge in [-0.2, -0.15) is 0 Å². The molecule has 0 saturated carbocycles. The van der Waals surface area contributed by atoms with Gasteiger partial charge in [-0.15, -0.1) is 5.10 Å². The van der Waals surface area contributed by atoms with Crippen LogP contribution in [0.25, 0.3) is 22.0 Å². The average Bonchev–Trinajstić information content (AvgIpc) is 3.30. The smallest absolute Gasteiger partial charge is 0.242 e. The summed E-state index contributed by atoms with van der Waals surface area (Å²) >= 11 is 0. The van der Waals surface area contributed by atoms with E-state index in [-0.39, 0.29) is 5.91 Å². The molecule has 4 rings (SSSR count). The molecule has 0 spiro atoms. The van der Waals surface area contributed by atoms with E-state index in [0.29, 0.717) is 25.3 Å². The Morgan fingerprint density at radius 1 is 1.22 bits per heavy atom. The van der Waals surface area contributed by atoms with E-state index in [2.05, 4.69) is 25.0 Å². The van der Waals surface area contributed by atoms with Gasteiger partial charge < -0.3 is 14.1 Å². The summed E-state index contributed by atoms with van der Waals surface area (Å²) in [5.74, 6) is 1.60. The Morgan fingerprint density at radius 2 is 1.97 bits per heavy atom. The second-order valence-corrected chi connectivity index (χ2v) is 8.24. The molecule has 0 aliphatic rings. The van der Waals surface area contributed by atoms with Crippen LogP contribution < -0.4 is 4.74 Å². The van der Waals surface area contributed by atoms with Crippen molar-refractivity contribution in [2.45, 2.75) is 46.6 Å². The Hall–Kier alpha value is -3.35. The van der Waals surface area contributed by atoms with Crippen molar-refractivity contribution < 1.29 is 13.9 Å². The lowest BCUT2D eigenvalue weighted by molar-refractivity contribution is -0.130. The zero-order valence-corrected chi connectivity index (χ0v) is 19.7. The number of pyridine rings is 1. The number of nitrogens with zero attached hydrogens (tertiary/aromatic N) is 4. The van der Waals surface area contributed by atoms with E-state index in [1.54, 1.807) is 16.7 Å². The van der Waals surface area contributed by atoms with Crippen molar-refractivity contribution >= 4 is 27.9 Å². The molecule has 0 unspecified atom stereocenters. The first kappa shape index (κ1) is 21.9. The highest BCUT2D eigenvalue weighted by molar-refractivity contribution is 5.87. The Morgan fingerprint density at radius 3 is 2.69 bits per heavy atom. The number of carbonyl (C=O) groups is 1. The zero-order valence-electron chi connectivity index (χ0n) is 19.7. The van der Waals surface area contributed by atoms with Gasteiger partial charge in [0.15, 0.2) is 5.65 Å². The molecule has 0 bridgehead atoms. The molecule has 7 nitrogen and oxygen atoms in total. The average molecular weight is 435 g/mol. The van der Waals surface area contributed by atoms with Gasteiger partial charge in [-0.05, 0) is 37.5 Å². The molecule has 32 heavy (non-hydrogen) atoms. The van der Waals surface area contributed by atoms with E-state index in [4.69, 9.17) is 14.1 Å². The van der Waals surface area contributed by atoms with Gasteiger partial charge in [0.05, 0.1) is 12.5 Å². The number of fused-ring (bicyclic) bond motifs is 2. The fourth-order valence-corrected chi connectivity index (χ4v) is 4.46. The molecule has 0 aliphatic carbocycles. The first-order chi connectivity index (χ1) is 15.3. The molecule has 1 aromatic carbocycles. The molecular formula is C25H30N4O3. The number of hydrogen-bond donors (Lipinski definition) is 0. The number of hydrogen-bond acceptors (Lipinski definition) is 5. The number of benzene rings is 1. The number of ether oxygens (including phenoxy) is 1. The lowest BCUT2D eigenvalue weighted by Gasteiger charge is -2.18. The molecule has 3 heterocycles. The number of furan rings is 1. The molecular weight excluding hydrogens is 404 g/mol. The molecule has 3 aromatic heterocycles. The van der Waals surface area contributed by atoms with Crippen LogP contribution in [0.15, 0.2) is 28.7 Å². The lowest BCUT2D eigenvalue weighted by atomic mass is 10.00. The standard InChI is InChI=1S/C25H30N4O3/c1-7-20-19(18-10-8-9-11-21(18)32-20)14-28(4)22(30)13-12-17-15(2)23-24(26-16(17)3)29(5)27-25(23)31-6/h8-11H,7,12-14H2,1-6H3. The van der Waals surface area contributed by atoms with E-state index in [0.717, 1.165) is 56.6 Å². The summed E-state index contributed by atoms with van der Waals surface area (Å²) < 4.78 is 13.2. The second-order valence-electron chi connectivity index (χ2n) is 8.24. The summed E-state index contributed by atoms with van der Waals surface area (Å²) in [6, 6.07) is 8.00. The molecule has 0 saturated heterocycles. The zero-order chi connectivity index (χ0) is 23.0. The minimum Gasteiger partial charge on any atom is -0.479 e. The van der Waals surface area contributed by atoms with Crippen molar-refractivity contribution in [3.63, 3.8) is 0 Å². The Kier molecular flexibility index (Phi) is 5.91. The fourth-order valence-electron chi connectivity index (χ4n) is 4.46. The van der Waals surface area contributed by atoms with Crippen molar-refractivity contribution in [2.24, 2.45) is 7.05 Å². The third-order valence-corrected chi connectivity index (χ3v) is 6.23. The number of aryl methyl sites for hydroxylation is 4. The van der Waals surface area contributed by atoms with Crippen molar-refractivity contribution in [3.05, 3.63) is 52.4 Å². The van der Waals surface area contributed by atoms with Gasteiger partial charge in [-0.25, -0.2) is 9.67 Å². The summed E-state index contributed by atoms with van der Waals surface area (Å²) in [6.07, 6.45) is 1.82. The minimum atomic E-state index is 0.0920. The molecule has 168 valence electrons. The SMILES string of the molecule is CCc1oc2ccccc2c1CN(C)C(=O)CCc1c(C)nc2c(c(OC)nn2C)c1C. The van der Waals surface area contributed by atoms with Gasteiger partial charge in [-0.1, -0.05) is 25.1 Å². The van der Waals surface area contributed by atoms with Gasteiger partial charge in [-0.3, -0.25) is 4.79 Å². The van der Waals surface area contributed by atoms with Crippen molar-refractivity contribution in [1.82, 2.24) is 19.7 Å². The van der Waals surface area contributed by atoms with Gasteiger partial charge in [0.25, 0.3) is 0 Å². The van der Waals surface area contributed by atoms with Crippen LogP contribution in [0.2, 0.25) is 0 Å². The summed E-state index contributed by atoms with van der Waals surface area (Å²) in [7, 11) is 5.33. The summed E-state index contributed by atoms with van der Waals surface area (Å²) in [6.45, 7) is 6.64. The monoisotopic (exact) mass is 434 g/mol. The largest absolute Gasteiger partial charge is 0.479 e. The predicted molar refractivity (Wildman–Crippen MR) is 125 cm³/mol. The third kappa shape index (κ3) is 3.72. The molecule has 1 amide bonds. The maximum atomic E-state index is 13.0. The van der Waals surface area contributed by atoms with Crippen LogP contribution in [0.4, 0.5) is 0 Å². The van der Waals surface area contributed by atoms with Gasteiger partial charge in [0, 0.05) is 50.1 Å². The highest BCUT2D eigenvalue weighted by atomic mass is 16.5. The first-order valence-corrected chi connectivity index (χ1v) is 11.0. The van der Waals surface area contributed by atoms with E-state index in [9.17, 15) is 4.79 Å². The summed E-state index contributed by atoms with van der Waals surface area (Å²) in [4.78, 5) is 19.5. The van der Waals surface area contributed by atoms with Crippen LogP contribution in [0.5, 0.6) is 5.88 Å². The van der Waals surface area contributed by atoms with Crippen LogP contribution in [-0.4, -0.2) is 39.7 Å². The normalized spacial score (nSPS) is 11.4. The second kappa shape index (κ2) is 8.65. The molecule has 0 fully saturated rings. The quantitative estimate of drug-likeness (QED) is 0.428. The molecule has 0 radical (unpaired) electrons. The van der Waals surface area contributed by atoms with Gasteiger partial charge >= 0.3 is 0 Å². The summed E-state index contributed by atoms with van der Waals surface area (Å²) in [5.41, 5.74) is 5.83. The van der Waals surface area contributed by atoms with E-state index in [1.807, 2.05) is 39.2 Å². The van der Waals surface area contributed by atoms with Crippen LogP contribution >= 0.6 is 0 Å². The van der Waals surface area contributed by atoms with Crippen LogP contribution in [0.3, 0.4) is 0 Å². The number of aromatic nitrogens is 3. The van der Waals surface area contributed by atoms with Crippen LogP contribution in [0, 0.1) is 13.8 Å². The Bertz CT molecular complexity index is 1300. The number of para-hydroxylation sites is 1. The van der Waals surface area contributed by atoms with Gasteiger partial charge in [0.2, 0.25) is 11.8 Å². The number of amides is 1. The minimum absolute atomic E-state index is 0.0920. The maximum Gasteiger partial charge on any atom is 0.242 e. The van der Waals surface area contributed by atoms with Gasteiger partial charge in [0.1, 0.15) is 11.3 Å². The van der Waals surface area contributed by atoms with E-state index >= 15 is 0 Å². The maximum absolute atomic E-state index is 13.0. The number of methoxy groups -OCH3 is 1. The molecule has 0 aliphatic heterocycles. The van der Waals surface area contributed by atoms with E-state index < -0.39 is 0 Å². The van der Waals surface area contributed by atoms with E-state index in [1.165, 1.54) is 0 Å². The molecule has 7 heteroatoms. The van der Waals surface area contributed by atoms with Crippen molar-refractivity contribution in [2.75, 3.05) is 14.2 Å². The van der Waals surface area contributed by atoms with Crippen molar-refractivity contribution in [3.8, 4) is 5.88 Å².